The molecule has 0 N–H and O–H groups in total. The van der Waals surface area contributed by atoms with E-state index in [9.17, 15) is 8.42 Å². The highest BCUT2D eigenvalue weighted by atomic mass is 32.2. The molecular formula is C12H17N3O2S. The smallest absolute Gasteiger partial charge is 0.262 e. The molecule has 2 aromatic heterocycles. The molecule has 6 heteroatoms. The summed E-state index contributed by atoms with van der Waals surface area (Å²) in [6.45, 7) is 3.91. The van der Waals surface area contributed by atoms with Crippen molar-refractivity contribution in [2.45, 2.75) is 25.3 Å². The molecule has 0 bridgehead atoms. The first-order valence-electron chi connectivity index (χ1n) is 5.79. The minimum atomic E-state index is -3.51. The molecular weight excluding hydrogens is 250 g/mol. The second-order valence-corrected chi connectivity index (χ2v) is 6.43. The van der Waals surface area contributed by atoms with Crippen LogP contribution in [-0.4, -0.2) is 36.2 Å². The molecule has 0 aliphatic rings. The Kier molecular flexibility index (Phi) is 3.16. The van der Waals surface area contributed by atoms with Gasteiger partial charge in [0.15, 0.2) is 5.03 Å². The largest absolute Gasteiger partial charge is 0.300 e. The number of sulfonamides is 1. The second kappa shape index (κ2) is 4.37. The van der Waals surface area contributed by atoms with E-state index in [2.05, 4.69) is 4.98 Å². The van der Waals surface area contributed by atoms with Crippen LogP contribution in [0.4, 0.5) is 0 Å². The Labute approximate surface area is 107 Å². The van der Waals surface area contributed by atoms with Gasteiger partial charge in [-0.1, -0.05) is 13.0 Å². The molecule has 0 fully saturated rings. The SMILES string of the molecule is CCc1nc(S(=O)(=O)N(C)C)c2cccc(C)n12. The third-order valence-corrected chi connectivity index (χ3v) is 4.68. The zero-order chi connectivity index (χ0) is 13.5. The number of fused-ring (bicyclic) bond motifs is 1. The van der Waals surface area contributed by atoms with Crippen molar-refractivity contribution >= 4 is 15.5 Å². The highest BCUT2D eigenvalue weighted by Crippen LogP contribution is 2.22. The molecule has 2 heterocycles. The number of hydrogen-bond donors (Lipinski definition) is 0. The average molecular weight is 267 g/mol. The van der Waals surface area contributed by atoms with Crippen LogP contribution in [0.1, 0.15) is 18.4 Å². The Morgan fingerprint density at radius 3 is 2.56 bits per heavy atom. The summed E-state index contributed by atoms with van der Waals surface area (Å²) in [5, 5.41) is 0.132. The lowest BCUT2D eigenvalue weighted by Crippen LogP contribution is -2.22. The van der Waals surface area contributed by atoms with Gasteiger partial charge in [0.1, 0.15) is 5.82 Å². The number of aromatic nitrogens is 2. The normalized spacial score (nSPS) is 12.5. The molecule has 18 heavy (non-hydrogen) atoms. The van der Waals surface area contributed by atoms with Gasteiger partial charge >= 0.3 is 0 Å². The molecule has 2 rings (SSSR count). The maximum absolute atomic E-state index is 12.2. The van der Waals surface area contributed by atoms with Crippen LogP contribution in [0.5, 0.6) is 0 Å². The molecule has 98 valence electrons. The van der Waals surface area contributed by atoms with E-state index in [-0.39, 0.29) is 5.03 Å². The predicted molar refractivity (Wildman–Crippen MR) is 70.2 cm³/mol. The summed E-state index contributed by atoms with van der Waals surface area (Å²) in [4.78, 5) is 4.29. The van der Waals surface area contributed by atoms with E-state index in [0.717, 1.165) is 11.5 Å². The van der Waals surface area contributed by atoms with Gasteiger partial charge in [0.2, 0.25) is 0 Å². The number of aryl methyl sites for hydroxylation is 2. The molecule has 0 amide bonds. The summed E-state index contributed by atoms with van der Waals surface area (Å²) in [5.74, 6) is 0.767. The van der Waals surface area contributed by atoms with Gasteiger partial charge in [-0.15, -0.1) is 0 Å². The van der Waals surface area contributed by atoms with Crippen LogP contribution in [0.15, 0.2) is 23.2 Å². The zero-order valence-corrected chi connectivity index (χ0v) is 11.8. The van der Waals surface area contributed by atoms with Gasteiger partial charge in [0.05, 0.1) is 5.52 Å². The fourth-order valence-electron chi connectivity index (χ4n) is 1.95. The Morgan fingerprint density at radius 1 is 1.33 bits per heavy atom. The molecule has 0 radical (unpaired) electrons. The molecule has 2 aromatic rings. The Bertz CT molecular complexity index is 687. The number of rotatable bonds is 3. The highest BCUT2D eigenvalue weighted by molar-refractivity contribution is 7.89. The van der Waals surface area contributed by atoms with E-state index in [1.165, 1.54) is 18.4 Å². The van der Waals surface area contributed by atoms with Gasteiger partial charge in [0, 0.05) is 26.2 Å². The van der Waals surface area contributed by atoms with E-state index >= 15 is 0 Å². The topological polar surface area (TPSA) is 54.7 Å². The van der Waals surface area contributed by atoms with Gasteiger partial charge in [-0.25, -0.2) is 17.7 Å². The van der Waals surface area contributed by atoms with Crippen LogP contribution in [-0.2, 0) is 16.4 Å². The van der Waals surface area contributed by atoms with Crippen molar-refractivity contribution in [3.8, 4) is 0 Å². The Morgan fingerprint density at radius 2 is 2.00 bits per heavy atom. The Balaban J connectivity index is 2.87. The Hall–Kier alpha value is -1.40. The van der Waals surface area contributed by atoms with Crippen molar-refractivity contribution < 1.29 is 8.42 Å². The van der Waals surface area contributed by atoms with Gasteiger partial charge in [0.25, 0.3) is 10.0 Å². The lowest BCUT2D eigenvalue weighted by molar-refractivity contribution is 0.518. The molecule has 0 saturated heterocycles. The molecule has 0 spiro atoms. The van der Waals surface area contributed by atoms with E-state index in [1.54, 1.807) is 6.07 Å². The van der Waals surface area contributed by atoms with E-state index in [4.69, 9.17) is 0 Å². The second-order valence-electron chi connectivity index (χ2n) is 4.36. The molecule has 0 atom stereocenters. The lowest BCUT2D eigenvalue weighted by Gasteiger charge is -2.09. The van der Waals surface area contributed by atoms with Crippen LogP contribution in [0.2, 0.25) is 0 Å². The highest BCUT2D eigenvalue weighted by Gasteiger charge is 2.25. The maximum atomic E-state index is 12.2. The van der Waals surface area contributed by atoms with Crippen molar-refractivity contribution in [3.05, 3.63) is 29.7 Å². The summed E-state index contributed by atoms with van der Waals surface area (Å²) in [5.41, 5.74) is 1.62. The molecule has 5 nitrogen and oxygen atoms in total. The van der Waals surface area contributed by atoms with E-state index in [1.807, 2.05) is 30.4 Å². The first kappa shape index (κ1) is 13.0. The van der Waals surface area contributed by atoms with Crippen LogP contribution in [0.3, 0.4) is 0 Å². The third-order valence-electron chi connectivity index (χ3n) is 2.93. The summed E-state index contributed by atoms with van der Waals surface area (Å²) >= 11 is 0. The molecule has 0 aromatic carbocycles. The monoisotopic (exact) mass is 267 g/mol. The molecule has 0 aliphatic carbocycles. The fraction of sp³-hybridized carbons (Fsp3) is 0.417. The fourth-order valence-corrected chi connectivity index (χ4v) is 2.94. The van der Waals surface area contributed by atoms with Gasteiger partial charge in [-0.2, -0.15) is 0 Å². The summed E-state index contributed by atoms with van der Waals surface area (Å²) in [7, 11) is -0.477. The molecule has 0 unspecified atom stereocenters. The maximum Gasteiger partial charge on any atom is 0.262 e. The van der Waals surface area contributed by atoms with E-state index < -0.39 is 10.0 Å². The molecule has 0 aliphatic heterocycles. The van der Waals surface area contributed by atoms with Crippen molar-refractivity contribution in [3.63, 3.8) is 0 Å². The minimum absolute atomic E-state index is 0.132. The minimum Gasteiger partial charge on any atom is -0.300 e. The quantitative estimate of drug-likeness (QED) is 0.846. The number of nitrogens with zero attached hydrogens (tertiary/aromatic N) is 3. The van der Waals surface area contributed by atoms with Gasteiger partial charge in [-0.3, -0.25) is 4.40 Å². The van der Waals surface area contributed by atoms with Crippen LogP contribution < -0.4 is 0 Å². The number of hydrogen-bond acceptors (Lipinski definition) is 3. The van der Waals surface area contributed by atoms with Gasteiger partial charge in [-0.05, 0) is 19.1 Å². The van der Waals surface area contributed by atoms with Crippen molar-refractivity contribution in [1.29, 1.82) is 0 Å². The lowest BCUT2D eigenvalue weighted by atomic mass is 10.3. The van der Waals surface area contributed by atoms with E-state index in [0.29, 0.717) is 11.9 Å². The number of pyridine rings is 1. The zero-order valence-electron chi connectivity index (χ0n) is 11.0. The third kappa shape index (κ3) is 1.81. The average Bonchev–Trinajstić information content (AvgIpc) is 2.69. The van der Waals surface area contributed by atoms with Crippen molar-refractivity contribution in [2.75, 3.05) is 14.1 Å². The molecule has 0 saturated carbocycles. The van der Waals surface area contributed by atoms with Crippen molar-refractivity contribution in [1.82, 2.24) is 13.7 Å². The van der Waals surface area contributed by atoms with Crippen LogP contribution in [0.25, 0.3) is 5.52 Å². The van der Waals surface area contributed by atoms with Crippen LogP contribution in [0, 0.1) is 6.92 Å². The van der Waals surface area contributed by atoms with Crippen molar-refractivity contribution in [2.24, 2.45) is 0 Å². The van der Waals surface area contributed by atoms with Crippen LogP contribution >= 0.6 is 0 Å². The summed E-state index contributed by atoms with van der Waals surface area (Å²) < 4.78 is 27.6. The predicted octanol–water partition coefficient (Wildman–Crippen LogP) is 1.46. The number of imidazole rings is 1. The first-order chi connectivity index (χ1) is 8.39. The first-order valence-corrected chi connectivity index (χ1v) is 7.23. The van der Waals surface area contributed by atoms with Gasteiger partial charge < -0.3 is 0 Å². The summed E-state index contributed by atoms with van der Waals surface area (Å²) in [6.07, 6.45) is 0.689. The standard InChI is InChI=1S/C12H17N3O2S/c1-5-11-13-12(18(16,17)14(3)4)10-8-6-7-9(2)15(10)11/h6-8H,5H2,1-4H3. The summed E-state index contributed by atoms with van der Waals surface area (Å²) in [6, 6.07) is 5.58.